The lowest BCUT2D eigenvalue weighted by Gasteiger charge is -2.21. The molecular formula is C12H18FNO3. The van der Waals surface area contributed by atoms with Crippen molar-refractivity contribution in [1.29, 1.82) is 0 Å². The third-order valence-corrected chi connectivity index (χ3v) is 2.47. The Hall–Kier alpha value is -1.17. The number of hydrogen-bond donors (Lipinski definition) is 2. The van der Waals surface area contributed by atoms with Crippen LogP contribution in [0.5, 0.6) is 5.75 Å². The molecule has 0 amide bonds. The summed E-state index contributed by atoms with van der Waals surface area (Å²) in [5.74, 6) is 0.279. The van der Waals surface area contributed by atoms with E-state index in [0.29, 0.717) is 30.9 Å². The lowest BCUT2D eigenvalue weighted by molar-refractivity contribution is 0.154. The van der Waals surface area contributed by atoms with Crippen LogP contribution in [-0.2, 0) is 6.54 Å². The second-order valence-corrected chi connectivity index (χ2v) is 3.68. The average Bonchev–Trinajstić information content (AvgIpc) is 2.30. The summed E-state index contributed by atoms with van der Waals surface area (Å²) in [6.07, 6.45) is 0. The largest absolute Gasteiger partial charge is 0.496 e. The molecule has 0 aliphatic carbocycles. The van der Waals surface area contributed by atoms with Crippen LogP contribution in [0.25, 0.3) is 0 Å². The van der Waals surface area contributed by atoms with E-state index in [2.05, 4.69) is 0 Å². The fourth-order valence-corrected chi connectivity index (χ4v) is 1.66. The first-order chi connectivity index (χ1) is 8.21. The van der Waals surface area contributed by atoms with Crippen molar-refractivity contribution in [2.75, 3.05) is 33.4 Å². The Kier molecular flexibility index (Phi) is 5.90. The highest BCUT2D eigenvalue weighted by Gasteiger charge is 2.10. The molecule has 0 unspecified atom stereocenters. The molecule has 1 rings (SSSR count). The quantitative estimate of drug-likeness (QED) is 0.737. The van der Waals surface area contributed by atoms with Crippen LogP contribution in [0.3, 0.4) is 0 Å². The molecule has 5 heteroatoms. The molecule has 2 N–H and O–H groups in total. The number of methoxy groups -OCH3 is 1. The first-order valence-electron chi connectivity index (χ1n) is 5.47. The number of aliphatic hydroxyl groups is 2. The van der Waals surface area contributed by atoms with E-state index >= 15 is 0 Å². The number of hydrogen-bond acceptors (Lipinski definition) is 4. The summed E-state index contributed by atoms with van der Waals surface area (Å²) in [4.78, 5) is 1.83. The van der Waals surface area contributed by atoms with E-state index in [9.17, 15) is 4.39 Å². The zero-order valence-corrected chi connectivity index (χ0v) is 9.90. The van der Waals surface area contributed by atoms with Crippen LogP contribution in [0.4, 0.5) is 4.39 Å². The van der Waals surface area contributed by atoms with Crippen LogP contribution in [0, 0.1) is 5.82 Å². The van der Waals surface area contributed by atoms with Gasteiger partial charge in [-0.05, 0) is 18.2 Å². The lowest BCUT2D eigenvalue weighted by atomic mass is 10.2. The van der Waals surface area contributed by atoms with Crippen molar-refractivity contribution in [3.8, 4) is 5.75 Å². The Morgan fingerprint density at radius 3 is 2.41 bits per heavy atom. The Morgan fingerprint density at radius 1 is 1.24 bits per heavy atom. The maximum atomic E-state index is 13.1. The molecule has 1 aromatic rings. The normalized spacial score (nSPS) is 10.9. The predicted octanol–water partition coefficient (Wildman–Crippen LogP) is 0.621. The zero-order chi connectivity index (χ0) is 12.7. The molecule has 0 spiro atoms. The van der Waals surface area contributed by atoms with E-state index in [0.717, 1.165) is 0 Å². The molecule has 96 valence electrons. The van der Waals surface area contributed by atoms with Gasteiger partial charge in [0.05, 0.1) is 20.3 Å². The standard InChI is InChI=1S/C12H18FNO3/c1-17-12-3-2-11(13)8-10(12)9-14(4-6-15)5-7-16/h2-3,8,15-16H,4-7,9H2,1H3. The summed E-state index contributed by atoms with van der Waals surface area (Å²) in [7, 11) is 1.53. The van der Waals surface area contributed by atoms with E-state index in [1.54, 1.807) is 6.07 Å². The number of rotatable bonds is 7. The first kappa shape index (κ1) is 13.9. The molecule has 0 saturated heterocycles. The van der Waals surface area contributed by atoms with Crippen LogP contribution in [0.2, 0.25) is 0 Å². The van der Waals surface area contributed by atoms with E-state index in [1.807, 2.05) is 4.90 Å². The van der Waals surface area contributed by atoms with Crippen LogP contribution in [0.1, 0.15) is 5.56 Å². The van der Waals surface area contributed by atoms with Crippen molar-refractivity contribution in [2.24, 2.45) is 0 Å². The maximum Gasteiger partial charge on any atom is 0.123 e. The van der Waals surface area contributed by atoms with Crippen LogP contribution >= 0.6 is 0 Å². The van der Waals surface area contributed by atoms with Crippen molar-refractivity contribution in [1.82, 2.24) is 4.90 Å². The highest BCUT2D eigenvalue weighted by Crippen LogP contribution is 2.20. The van der Waals surface area contributed by atoms with Gasteiger partial charge in [0.25, 0.3) is 0 Å². The van der Waals surface area contributed by atoms with E-state index < -0.39 is 0 Å². The molecule has 0 heterocycles. The Bertz CT molecular complexity index is 341. The summed E-state index contributed by atoms with van der Waals surface area (Å²) < 4.78 is 18.3. The summed E-state index contributed by atoms with van der Waals surface area (Å²) in [5.41, 5.74) is 0.703. The van der Waals surface area contributed by atoms with Crippen molar-refractivity contribution < 1.29 is 19.3 Å². The monoisotopic (exact) mass is 243 g/mol. The van der Waals surface area contributed by atoms with E-state index in [1.165, 1.54) is 19.2 Å². The minimum absolute atomic E-state index is 0.00235. The predicted molar refractivity (Wildman–Crippen MR) is 62.4 cm³/mol. The minimum atomic E-state index is -0.325. The van der Waals surface area contributed by atoms with Crippen LogP contribution < -0.4 is 4.74 Å². The third kappa shape index (κ3) is 4.30. The third-order valence-electron chi connectivity index (χ3n) is 2.47. The fourth-order valence-electron chi connectivity index (χ4n) is 1.66. The number of benzene rings is 1. The summed E-state index contributed by atoms with van der Waals surface area (Å²) in [5, 5.41) is 17.8. The molecule has 0 aliphatic rings. The SMILES string of the molecule is COc1ccc(F)cc1CN(CCO)CCO. The highest BCUT2D eigenvalue weighted by atomic mass is 19.1. The molecule has 0 saturated carbocycles. The van der Waals surface area contributed by atoms with Gasteiger partial charge >= 0.3 is 0 Å². The Labute approximate surface area is 100 Å². The molecule has 0 aliphatic heterocycles. The van der Waals surface area contributed by atoms with Crippen molar-refractivity contribution in [3.63, 3.8) is 0 Å². The number of halogens is 1. The average molecular weight is 243 g/mol. The van der Waals surface area contributed by atoms with Gasteiger partial charge in [0, 0.05) is 25.2 Å². The molecule has 0 fully saturated rings. The van der Waals surface area contributed by atoms with Gasteiger partial charge in [0.1, 0.15) is 11.6 Å². The molecule has 1 aromatic carbocycles. The van der Waals surface area contributed by atoms with Gasteiger partial charge in [-0.25, -0.2) is 4.39 Å². The van der Waals surface area contributed by atoms with Gasteiger partial charge in [0.2, 0.25) is 0 Å². The zero-order valence-electron chi connectivity index (χ0n) is 9.90. The maximum absolute atomic E-state index is 13.1. The van der Waals surface area contributed by atoms with Gasteiger partial charge in [-0.15, -0.1) is 0 Å². The van der Waals surface area contributed by atoms with Gasteiger partial charge in [-0.2, -0.15) is 0 Å². The minimum Gasteiger partial charge on any atom is -0.496 e. The molecule has 0 radical (unpaired) electrons. The lowest BCUT2D eigenvalue weighted by Crippen LogP contribution is -2.29. The molecule has 4 nitrogen and oxygen atoms in total. The number of nitrogens with zero attached hydrogens (tertiary/aromatic N) is 1. The highest BCUT2D eigenvalue weighted by molar-refractivity contribution is 5.33. The Morgan fingerprint density at radius 2 is 1.88 bits per heavy atom. The number of ether oxygens (including phenoxy) is 1. The Balaban J connectivity index is 2.79. The van der Waals surface area contributed by atoms with Crippen LogP contribution in [0.15, 0.2) is 18.2 Å². The van der Waals surface area contributed by atoms with E-state index in [-0.39, 0.29) is 19.0 Å². The first-order valence-corrected chi connectivity index (χ1v) is 5.47. The smallest absolute Gasteiger partial charge is 0.123 e. The fraction of sp³-hybridized carbons (Fsp3) is 0.500. The topological polar surface area (TPSA) is 52.9 Å². The van der Waals surface area contributed by atoms with Gasteiger partial charge in [-0.3, -0.25) is 4.90 Å². The molecule has 0 atom stereocenters. The molecule has 17 heavy (non-hydrogen) atoms. The van der Waals surface area contributed by atoms with Crippen LogP contribution in [-0.4, -0.2) is 48.5 Å². The summed E-state index contributed by atoms with van der Waals surface area (Å²) in [6, 6.07) is 4.31. The van der Waals surface area contributed by atoms with Gasteiger partial charge in [-0.1, -0.05) is 0 Å². The second-order valence-electron chi connectivity index (χ2n) is 3.68. The molecular weight excluding hydrogens is 225 g/mol. The van der Waals surface area contributed by atoms with Gasteiger partial charge < -0.3 is 14.9 Å². The summed E-state index contributed by atoms with van der Waals surface area (Å²) in [6.45, 7) is 1.29. The summed E-state index contributed by atoms with van der Waals surface area (Å²) >= 11 is 0. The van der Waals surface area contributed by atoms with Crippen molar-refractivity contribution in [2.45, 2.75) is 6.54 Å². The second kappa shape index (κ2) is 7.21. The van der Waals surface area contributed by atoms with Gasteiger partial charge in [0.15, 0.2) is 0 Å². The van der Waals surface area contributed by atoms with Crippen molar-refractivity contribution in [3.05, 3.63) is 29.6 Å². The van der Waals surface area contributed by atoms with E-state index in [4.69, 9.17) is 14.9 Å². The molecule has 0 aromatic heterocycles. The number of aliphatic hydroxyl groups excluding tert-OH is 2. The molecule has 0 bridgehead atoms. The van der Waals surface area contributed by atoms with Crippen molar-refractivity contribution >= 4 is 0 Å².